The third kappa shape index (κ3) is 2.17. The molecule has 0 saturated carbocycles. The van der Waals surface area contributed by atoms with Gasteiger partial charge < -0.3 is 10.0 Å². The highest BCUT2D eigenvalue weighted by Crippen LogP contribution is 2.24. The van der Waals surface area contributed by atoms with E-state index in [1.54, 1.807) is 0 Å². The van der Waals surface area contributed by atoms with Gasteiger partial charge in [-0.2, -0.15) is 4.37 Å². The quantitative estimate of drug-likeness (QED) is 0.741. The minimum Gasteiger partial charge on any atom is -0.465 e. The van der Waals surface area contributed by atoms with Gasteiger partial charge in [-0.15, -0.1) is 0 Å². The summed E-state index contributed by atoms with van der Waals surface area (Å²) in [7, 11) is 0. The standard InChI is InChI=1S/C8H11N3O3S/c12-7-9-6(10-15-7)5-1-3-11(4-2-5)8(13)14/h5H,1-4H2,(H,13,14)(H,9,10,12). The van der Waals surface area contributed by atoms with Crippen molar-refractivity contribution < 1.29 is 9.90 Å². The van der Waals surface area contributed by atoms with Crippen LogP contribution in [0.1, 0.15) is 24.6 Å². The number of aromatic amines is 1. The molecule has 15 heavy (non-hydrogen) atoms. The van der Waals surface area contributed by atoms with Crippen LogP contribution in [0, 0.1) is 0 Å². The monoisotopic (exact) mass is 229 g/mol. The first kappa shape index (κ1) is 10.2. The predicted octanol–water partition coefficient (Wildman–Crippen LogP) is 0.689. The molecule has 1 aromatic heterocycles. The van der Waals surface area contributed by atoms with Crippen LogP contribution in [0.2, 0.25) is 0 Å². The lowest BCUT2D eigenvalue weighted by Crippen LogP contribution is -2.37. The maximum atomic E-state index is 10.9. The number of nitrogens with zero attached hydrogens (tertiary/aromatic N) is 2. The van der Waals surface area contributed by atoms with E-state index in [0.29, 0.717) is 18.9 Å². The van der Waals surface area contributed by atoms with E-state index in [4.69, 9.17) is 5.11 Å². The van der Waals surface area contributed by atoms with Gasteiger partial charge in [-0.25, -0.2) is 4.79 Å². The van der Waals surface area contributed by atoms with E-state index in [9.17, 15) is 9.59 Å². The van der Waals surface area contributed by atoms with Crippen molar-refractivity contribution in [3.63, 3.8) is 0 Å². The van der Waals surface area contributed by atoms with Crippen molar-refractivity contribution >= 4 is 17.6 Å². The van der Waals surface area contributed by atoms with Gasteiger partial charge in [-0.1, -0.05) is 0 Å². The summed E-state index contributed by atoms with van der Waals surface area (Å²) in [5.41, 5.74) is 0. The fraction of sp³-hybridized carbons (Fsp3) is 0.625. The van der Waals surface area contributed by atoms with Crippen LogP contribution in [-0.2, 0) is 0 Å². The Hall–Kier alpha value is -1.37. The molecule has 0 aromatic carbocycles. The lowest BCUT2D eigenvalue weighted by Gasteiger charge is -2.28. The van der Waals surface area contributed by atoms with Crippen molar-refractivity contribution in [3.05, 3.63) is 15.5 Å². The van der Waals surface area contributed by atoms with Crippen LogP contribution >= 0.6 is 11.5 Å². The van der Waals surface area contributed by atoms with Crippen molar-refractivity contribution in [3.8, 4) is 0 Å². The lowest BCUT2D eigenvalue weighted by atomic mass is 9.96. The fourth-order valence-corrected chi connectivity index (χ4v) is 2.29. The Bertz CT molecular complexity index is 405. The average molecular weight is 229 g/mol. The molecular formula is C8H11N3O3S. The van der Waals surface area contributed by atoms with Gasteiger partial charge in [0.25, 0.3) is 0 Å². The summed E-state index contributed by atoms with van der Waals surface area (Å²) in [5, 5.41) is 8.75. The number of carboxylic acid groups (broad SMARTS) is 1. The molecule has 7 heteroatoms. The Labute approximate surface area is 89.7 Å². The van der Waals surface area contributed by atoms with Crippen LogP contribution in [0.5, 0.6) is 0 Å². The molecule has 1 aromatic rings. The molecule has 0 aliphatic carbocycles. The number of hydrogen-bond donors (Lipinski definition) is 2. The van der Waals surface area contributed by atoms with E-state index in [-0.39, 0.29) is 10.8 Å². The largest absolute Gasteiger partial charge is 0.465 e. The van der Waals surface area contributed by atoms with E-state index in [0.717, 1.165) is 24.4 Å². The van der Waals surface area contributed by atoms with Crippen LogP contribution in [0.15, 0.2) is 4.79 Å². The molecule has 0 spiro atoms. The van der Waals surface area contributed by atoms with Crippen LogP contribution in [0.3, 0.4) is 0 Å². The topological polar surface area (TPSA) is 86.3 Å². The van der Waals surface area contributed by atoms with E-state index < -0.39 is 6.09 Å². The minimum absolute atomic E-state index is 0.148. The van der Waals surface area contributed by atoms with Gasteiger partial charge in [0.15, 0.2) is 0 Å². The second-order valence-electron chi connectivity index (χ2n) is 3.52. The summed E-state index contributed by atoms with van der Waals surface area (Å²) >= 11 is 0.914. The maximum absolute atomic E-state index is 10.9. The van der Waals surface area contributed by atoms with Crippen molar-refractivity contribution in [2.24, 2.45) is 0 Å². The minimum atomic E-state index is -0.875. The molecule has 2 rings (SSSR count). The third-order valence-electron chi connectivity index (χ3n) is 2.61. The van der Waals surface area contributed by atoms with Crippen LogP contribution in [0.4, 0.5) is 4.79 Å². The lowest BCUT2D eigenvalue weighted by molar-refractivity contribution is 0.131. The number of amides is 1. The van der Waals surface area contributed by atoms with Crippen LogP contribution < -0.4 is 4.87 Å². The summed E-state index contributed by atoms with van der Waals surface area (Å²) in [6.07, 6.45) is 0.582. The highest BCUT2D eigenvalue weighted by molar-refractivity contribution is 7.02. The second-order valence-corrected chi connectivity index (χ2v) is 4.26. The molecule has 1 aliphatic heterocycles. The zero-order valence-corrected chi connectivity index (χ0v) is 8.79. The Morgan fingerprint density at radius 1 is 1.53 bits per heavy atom. The van der Waals surface area contributed by atoms with Crippen molar-refractivity contribution in [1.29, 1.82) is 0 Å². The molecule has 6 nitrogen and oxygen atoms in total. The molecule has 1 saturated heterocycles. The summed E-state index contributed by atoms with van der Waals surface area (Å²) in [4.78, 5) is 25.5. The number of carbonyl (C=O) groups is 1. The molecule has 0 radical (unpaired) electrons. The van der Waals surface area contributed by atoms with E-state index in [2.05, 4.69) is 9.36 Å². The Morgan fingerprint density at radius 3 is 2.67 bits per heavy atom. The first-order valence-corrected chi connectivity index (χ1v) is 5.48. The molecule has 1 fully saturated rings. The van der Waals surface area contributed by atoms with Crippen LogP contribution in [-0.4, -0.2) is 38.5 Å². The van der Waals surface area contributed by atoms with Gasteiger partial charge in [0.05, 0.1) is 0 Å². The summed E-state index contributed by atoms with van der Waals surface area (Å²) in [5.74, 6) is 0.898. The predicted molar refractivity (Wildman–Crippen MR) is 54.3 cm³/mol. The zero-order chi connectivity index (χ0) is 10.8. The molecule has 1 amide bonds. The van der Waals surface area contributed by atoms with Crippen molar-refractivity contribution in [1.82, 2.24) is 14.3 Å². The van der Waals surface area contributed by atoms with E-state index >= 15 is 0 Å². The first-order valence-electron chi connectivity index (χ1n) is 4.70. The third-order valence-corrected chi connectivity index (χ3v) is 3.17. The number of rotatable bonds is 1. The highest BCUT2D eigenvalue weighted by Gasteiger charge is 2.25. The van der Waals surface area contributed by atoms with Gasteiger partial charge in [-0.05, 0) is 12.8 Å². The van der Waals surface area contributed by atoms with Crippen molar-refractivity contribution in [2.75, 3.05) is 13.1 Å². The normalized spacial score (nSPS) is 18.0. The number of piperidine rings is 1. The van der Waals surface area contributed by atoms with E-state index in [1.165, 1.54) is 4.90 Å². The zero-order valence-electron chi connectivity index (χ0n) is 7.97. The SMILES string of the molecule is O=C(O)N1CCC(c2nsc(=O)[nH]2)CC1. The fourth-order valence-electron chi connectivity index (χ4n) is 1.76. The van der Waals surface area contributed by atoms with Gasteiger partial charge in [-0.3, -0.25) is 9.78 Å². The highest BCUT2D eigenvalue weighted by atomic mass is 32.1. The van der Waals surface area contributed by atoms with Gasteiger partial charge in [0.1, 0.15) is 5.82 Å². The second kappa shape index (κ2) is 4.01. The summed E-state index contributed by atoms with van der Waals surface area (Å²) < 4.78 is 4.02. The first-order chi connectivity index (χ1) is 7.16. The number of aromatic nitrogens is 2. The van der Waals surface area contributed by atoms with Gasteiger partial charge >= 0.3 is 11.0 Å². The number of nitrogens with one attached hydrogen (secondary N) is 1. The average Bonchev–Trinajstić information content (AvgIpc) is 2.65. The molecule has 1 aliphatic rings. The molecule has 0 atom stereocenters. The Kier molecular flexibility index (Phi) is 2.72. The molecule has 2 N–H and O–H groups in total. The molecular weight excluding hydrogens is 218 g/mol. The number of hydrogen-bond acceptors (Lipinski definition) is 4. The maximum Gasteiger partial charge on any atom is 0.407 e. The number of likely N-dealkylation sites (tertiary alicyclic amines) is 1. The number of H-pyrrole nitrogens is 1. The molecule has 2 heterocycles. The Balaban J connectivity index is 1.99. The van der Waals surface area contributed by atoms with Gasteiger partial charge in [0.2, 0.25) is 0 Å². The van der Waals surface area contributed by atoms with Gasteiger partial charge in [0, 0.05) is 30.5 Å². The smallest absolute Gasteiger partial charge is 0.407 e. The molecule has 0 unspecified atom stereocenters. The van der Waals surface area contributed by atoms with Crippen LogP contribution in [0.25, 0.3) is 0 Å². The molecule has 82 valence electrons. The summed E-state index contributed by atoms with van der Waals surface area (Å²) in [6.45, 7) is 1.03. The Morgan fingerprint density at radius 2 is 2.20 bits per heavy atom. The summed E-state index contributed by atoms with van der Waals surface area (Å²) in [6, 6.07) is 0. The van der Waals surface area contributed by atoms with Crippen molar-refractivity contribution in [2.45, 2.75) is 18.8 Å². The van der Waals surface area contributed by atoms with E-state index in [1.807, 2.05) is 0 Å². The molecule has 0 bridgehead atoms.